The van der Waals surface area contributed by atoms with Crippen LogP contribution in [0.15, 0.2) is 0 Å². The fourth-order valence-electron chi connectivity index (χ4n) is 1.29. The monoisotopic (exact) mass is 204 g/mol. The number of aliphatic hydroxyl groups excluding tert-OH is 1. The molecule has 0 aromatic carbocycles. The molecule has 2 nitrogen and oxygen atoms in total. The standard InChI is InChI=1S/C10H24O2Si/c1-9(8-13-4)7-12-10(2,3)5-6-11/h9,11H,5-8,13H2,1-4H3. The highest BCUT2D eigenvalue weighted by molar-refractivity contribution is 6.33. The molecular weight excluding hydrogens is 180 g/mol. The Morgan fingerprint density at radius 2 is 2.08 bits per heavy atom. The number of rotatable bonds is 7. The van der Waals surface area contributed by atoms with E-state index < -0.39 is 0 Å². The highest BCUT2D eigenvalue weighted by atomic mass is 28.2. The van der Waals surface area contributed by atoms with E-state index in [1.165, 1.54) is 6.04 Å². The fourth-order valence-corrected chi connectivity index (χ4v) is 2.44. The molecule has 0 saturated carbocycles. The molecule has 1 unspecified atom stereocenters. The molecule has 0 rings (SSSR count). The zero-order valence-electron chi connectivity index (χ0n) is 9.47. The molecule has 0 aliphatic rings. The van der Waals surface area contributed by atoms with Crippen molar-refractivity contribution in [3.8, 4) is 0 Å². The van der Waals surface area contributed by atoms with Gasteiger partial charge in [0.25, 0.3) is 0 Å². The van der Waals surface area contributed by atoms with E-state index in [-0.39, 0.29) is 21.7 Å². The maximum absolute atomic E-state index is 8.80. The molecule has 1 atom stereocenters. The van der Waals surface area contributed by atoms with E-state index in [0.717, 1.165) is 13.0 Å². The summed E-state index contributed by atoms with van der Waals surface area (Å²) in [5.41, 5.74) is -0.154. The summed E-state index contributed by atoms with van der Waals surface area (Å²) in [5, 5.41) is 8.80. The van der Waals surface area contributed by atoms with Crippen molar-refractivity contribution in [2.45, 2.75) is 45.4 Å². The lowest BCUT2D eigenvalue weighted by Gasteiger charge is -2.26. The van der Waals surface area contributed by atoms with Crippen molar-refractivity contribution in [1.29, 1.82) is 0 Å². The molecular formula is C10H24O2Si. The molecule has 0 aromatic heterocycles. The van der Waals surface area contributed by atoms with E-state index in [1.54, 1.807) is 0 Å². The predicted molar refractivity (Wildman–Crippen MR) is 60.1 cm³/mol. The zero-order chi connectivity index (χ0) is 10.3. The average Bonchev–Trinajstić information content (AvgIpc) is 2.02. The van der Waals surface area contributed by atoms with E-state index in [4.69, 9.17) is 9.84 Å². The first-order valence-electron chi connectivity index (χ1n) is 5.26. The van der Waals surface area contributed by atoms with Crippen LogP contribution < -0.4 is 0 Å². The Morgan fingerprint density at radius 1 is 1.46 bits per heavy atom. The van der Waals surface area contributed by atoms with Crippen LogP contribution in [0.5, 0.6) is 0 Å². The largest absolute Gasteiger partial charge is 0.396 e. The lowest BCUT2D eigenvalue weighted by Crippen LogP contribution is -2.28. The van der Waals surface area contributed by atoms with Gasteiger partial charge in [0.05, 0.1) is 5.60 Å². The van der Waals surface area contributed by atoms with Gasteiger partial charge in [-0.05, 0) is 26.2 Å². The van der Waals surface area contributed by atoms with Gasteiger partial charge in [-0.3, -0.25) is 0 Å². The summed E-state index contributed by atoms with van der Waals surface area (Å²) in [6, 6.07) is 1.36. The van der Waals surface area contributed by atoms with Gasteiger partial charge < -0.3 is 9.84 Å². The Kier molecular flexibility index (Phi) is 6.64. The molecule has 80 valence electrons. The van der Waals surface area contributed by atoms with Crippen LogP contribution in [0, 0.1) is 5.92 Å². The van der Waals surface area contributed by atoms with Gasteiger partial charge in [0, 0.05) is 22.7 Å². The summed E-state index contributed by atoms with van der Waals surface area (Å²) < 4.78 is 5.75. The van der Waals surface area contributed by atoms with Gasteiger partial charge in [-0.25, -0.2) is 0 Å². The van der Waals surface area contributed by atoms with E-state index in [1.807, 2.05) is 13.8 Å². The lowest BCUT2D eigenvalue weighted by molar-refractivity contribution is -0.0440. The van der Waals surface area contributed by atoms with Gasteiger partial charge in [0.2, 0.25) is 0 Å². The molecule has 0 fully saturated rings. The van der Waals surface area contributed by atoms with Gasteiger partial charge in [-0.1, -0.05) is 19.5 Å². The minimum absolute atomic E-state index is 0.154. The van der Waals surface area contributed by atoms with Crippen molar-refractivity contribution in [3.63, 3.8) is 0 Å². The third kappa shape index (κ3) is 7.23. The fraction of sp³-hybridized carbons (Fsp3) is 1.00. The lowest BCUT2D eigenvalue weighted by atomic mass is 10.1. The Hall–Kier alpha value is 0.137. The minimum Gasteiger partial charge on any atom is -0.396 e. The molecule has 0 aromatic rings. The summed E-state index contributed by atoms with van der Waals surface area (Å²) in [6.07, 6.45) is 0.725. The van der Waals surface area contributed by atoms with Crippen LogP contribution in [0.4, 0.5) is 0 Å². The summed E-state index contributed by atoms with van der Waals surface area (Å²) in [7, 11) is 0.162. The normalized spacial score (nSPS) is 15.5. The van der Waals surface area contributed by atoms with Crippen LogP contribution in [0.25, 0.3) is 0 Å². The molecule has 3 heteroatoms. The Morgan fingerprint density at radius 3 is 2.54 bits per heavy atom. The molecule has 0 aliphatic carbocycles. The van der Waals surface area contributed by atoms with Gasteiger partial charge in [-0.15, -0.1) is 0 Å². The molecule has 1 N–H and O–H groups in total. The first kappa shape index (κ1) is 13.1. The summed E-state index contributed by atoms with van der Waals surface area (Å²) >= 11 is 0. The smallest absolute Gasteiger partial charge is 0.0648 e. The van der Waals surface area contributed by atoms with Crippen molar-refractivity contribution in [1.82, 2.24) is 0 Å². The van der Waals surface area contributed by atoms with E-state index in [0.29, 0.717) is 5.92 Å². The van der Waals surface area contributed by atoms with Crippen LogP contribution in [0.3, 0.4) is 0 Å². The average molecular weight is 204 g/mol. The molecule has 0 heterocycles. The van der Waals surface area contributed by atoms with Gasteiger partial charge >= 0.3 is 0 Å². The number of hydrogen-bond donors (Lipinski definition) is 1. The molecule has 0 spiro atoms. The third-order valence-electron chi connectivity index (χ3n) is 2.25. The summed E-state index contributed by atoms with van der Waals surface area (Å²) in [5.74, 6) is 0.689. The SMILES string of the molecule is C[SiH2]CC(C)COC(C)(C)CCO. The van der Waals surface area contributed by atoms with Crippen molar-refractivity contribution in [3.05, 3.63) is 0 Å². The van der Waals surface area contributed by atoms with Crippen molar-refractivity contribution < 1.29 is 9.84 Å². The van der Waals surface area contributed by atoms with E-state index in [2.05, 4.69) is 13.5 Å². The molecule has 13 heavy (non-hydrogen) atoms. The minimum atomic E-state index is -0.154. The second kappa shape index (κ2) is 6.57. The van der Waals surface area contributed by atoms with Crippen LogP contribution in [-0.2, 0) is 4.74 Å². The van der Waals surface area contributed by atoms with Crippen molar-refractivity contribution >= 4 is 9.52 Å². The number of aliphatic hydroxyl groups is 1. The van der Waals surface area contributed by atoms with Crippen LogP contribution in [0.1, 0.15) is 27.2 Å². The Bertz CT molecular complexity index is 126. The number of hydrogen-bond acceptors (Lipinski definition) is 2. The molecule has 0 saturated heterocycles. The van der Waals surface area contributed by atoms with Crippen LogP contribution in [-0.4, -0.2) is 33.4 Å². The number of ether oxygens (including phenoxy) is 1. The first-order chi connectivity index (χ1) is 6.02. The second-order valence-corrected chi connectivity index (χ2v) is 6.02. The van der Waals surface area contributed by atoms with E-state index in [9.17, 15) is 0 Å². The molecule has 0 aliphatic heterocycles. The summed E-state index contributed by atoms with van der Waals surface area (Å²) in [4.78, 5) is 0. The third-order valence-corrected chi connectivity index (χ3v) is 3.82. The zero-order valence-corrected chi connectivity index (χ0v) is 10.9. The van der Waals surface area contributed by atoms with Gasteiger partial charge in [0.15, 0.2) is 0 Å². The maximum Gasteiger partial charge on any atom is 0.0648 e. The summed E-state index contributed by atoms with van der Waals surface area (Å²) in [6.45, 7) is 9.71. The molecule has 0 radical (unpaired) electrons. The Balaban J connectivity index is 3.60. The van der Waals surface area contributed by atoms with Crippen LogP contribution in [0.2, 0.25) is 12.6 Å². The van der Waals surface area contributed by atoms with E-state index >= 15 is 0 Å². The van der Waals surface area contributed by atoms with Crippen LogP contribution >= 0.6 is 0 Å². The second-order valence-electron chi connectivity index (χ2n) is 4.44. The topological polar surface area (TPSA) is 29.5 Å². The van der Waals surface area contributed by atoms with Crippen molar-refractivity contribution in [2.24, 2.45) is 5.92 Å². The Labute approximate surface area is 84.5 Å². The van der Waals surface area contributed by atoms with Gasteiger partial charge in [-0.2, -0.15) is 0 Å². The van der Waals surface area contributed by atoms with Crippen molar-refractivity contribution in [2.75, 3.05) is 13.2 Å². The highest BCUT2D eigenvalue weighted by Gasteiger charge is 2.18. The predicted octanol–water partition coefficient (Wildman–Crippen LogP) is 1.44. The first-order valence-corrected chi connectivity index (χ1v) is 7.68. The molecule has 0 bridgehead atoms. The quantitative estimate of drug-likeness (QED) is 0.636. The van der Waals surface area contributed by atoms with Gasteiger partial charge in [0.1, 0.15) is 0 Å². The molecule has 0 amide bonds. The maximum atomic E-state index is 8.80. The highest BCUT2D eigenvalue weighted by Crippen LogP contribution is 2.16.